The molecule has 3 rings (SSSR count). The van der Waals surface area contributed by atoms with Crippen LogP contribution in [0.5, 0.6) is 11.5 Å². The minimum atomic E-state index is -0.324. The summed E-state index contributed by atoms with van der Waals surface area (Å²) >= 11 is 6.15. The zero-order chi connectivity index (χ0) is 17.1. The normalized spacial score (nSPS) is 10.5. The van der Waals surface area contributed by atoms with Crippen LogP contribution >= 0.6 is 11.6 Å². The van der Waals surface area contributed by atoms with E-state index in [9.17, 15) is 4.79 Å². The highest BCUT2D eigenvalue weighted by molar-refractivity contribution is 6.33. The summed E-state index contributed by atoms with van der Waals surface area (Å²) in [6.07, 6.45) is 0. The van der Waals surface area contributed by atoms with Crippen LogP contribution in [0.15, 0.2) is 54.6 Å². The summed E-state index contributed by atoms with van der Waals surface area (Å²) in [5, 5.41) is 7.29. The SMILES string of the molecule is Cc1nn(C)c(Cl)c1C(=O)Nc1ccccc1Oc1ccccc1. The number of nitrogens with zero attached hydrogens (tertiary/aromatic N) is 2. The van der Waals surface area contributed by atoms with Crippen molar-refractivity contribution in [1.82, 2.24) is 9.78 Å². The second-order valence-corrected chi connectivity index (χ2v) is 5.60. The van der Waals surface area contributed by atoms with Crippen LogP contribution < -0.4 is 10.1 Å². The molecule has 1 amide bonds. The highest BCUT2D eigenvalue weighted by atomic mass is 35.5. The molecule has 2 aromatic carbocycles. The van der Waals surface area contributed by atoms with Gasteiger partial charge < -0.3 is 10.1 Å². The third-order valence-electron chi connectivity index (χ3n) is 3.49. The quantitative estimate of drug-likeness (QED) is 0.764. The lowest BCUT2D eigenvalue weighted by atomic mass is 10.2. The van der Waals surface area contributed by atoms with E-state index < -0.39 is 0 Å². The fourth-order valence-electron chi connectivity index (χ4n) is 2.35. The van der Waals surface area contributed by atoms with Crippen molar-refractivity contribution in [3.63, 3.8) is 0 Å². The molecule has 0 aliphatic rings. The highest BCUT2D eigenvalue weighted by Crippen LogP contribution is 2.30. The fraction of sp³-hybridized carbons (Fsp3) is 0.111. The molecule has 5 nitrogen and oxygen atoms in total. The van der Waals surface area contributed by atoms with Gasteiger partial charge in [-0.3, -0.25) is 9.48 Å². The Hall–Kier alpha value is -2.79. The van der Waals surface area contributed by atoms with E-state index in [2.05, 4.69) is 10.4 Å². The molecule has 0 spiro atoms. The molecule has 0 unspecified atom stereocenters. The molecule has 122 valence electrons. The zero-order valence-electron chi connectivity index (χ0n) is 13.3. The van der Waals surface area contributed by atoms with E-state index in [0.717, 1.165) is 0 Å². The van der Waals surface area contributed by atoms with Crippen LogP contribution in [0, 0.1) is 6.92 Å². The maximum Gasteiger partial charge on any atom is 0.260 e. The molecule has 0 aliphatic carbocycles. The average Bonchev–Trinajstić information content (AvgIpc) is 2.83. The van der Waals surface area contributed by atoms with Crippen LogP contribution in [0.4, 0.5) is 5.69 Å². The van der Waals surface area contributed by atoms with E-state index in [4.69, 9.17) is 16.3 Å². The maximum absolute atomic E-state index is 12.6. The second-order valence-electron chi connectivity index (χ2n) is 5.24. The van der Waals surface area contributed by atoms with E-state index in [1.807, 2.05) is 42.5 Å². The summed E-state index contributed by atoms with van der Waals surface area (Å²) in [7, 11) is 1.69. The predicted octanol–water partition coefficient (Wildman–Crippen LogP) is 4.43. The van der Waals surface area contributed by atoms with Crippen molar-refractivity contribution in [2.24, 2.45) is 7.05 Å². The number of anilines is 1. The summed E-state index contributed by atoms with van der Waals surface area (Å²) in [4.78, 5) is 12.6. The summed E-state index contributed by atoms with van der Waals surface area (Å²) in [6, 6.07) is 16.6. The number of nitrogens with one attached hydrogen (secondary N) is 1. The molecule has 1 aromatic heterocycles. The van der Waals surface area contributed by atoms with E-state index in [0.29, 0.717) is 33.6 Å². The van der Waals surface area contributed by atoms with Crippen LogP contribution in [0.3, 0.4) is 0 Å². The van der Waals surface area contributed by atoms with Crippen LogP contribution in [-0.2, 0) is 7.05 Å². The lowest BCUT2D eigenvalue weighted by Gasteiger charge is -2.12. The summed E-state index contributed by atoms with van der Waals surface area (Å²) in [5.41, 5.74) is 1.49. The van der Waals surface area contributed by atoms with Gasteiger partial charge >= 0.3 is 0 Å². The van der Waals surface area contributed by atoms with Crippen LogP contribution in [0.1, 0.15) is 16.1 Å². The first-order valence-corrected chi connectivity index (χ1v) is 7.76. The predicted molar refractivity (Wildman–Crippen MR) is 93.9 cm³/mol. The van der Waals surface area contributed by atoms with E-state index in [-0.39, 0.29) is 5.91 Å². The average molecular weight is 342 g/mol. The smallest absolute Gasteiger partial charge is 0.260 e. The molecular weight excluding hydrogens is 326 g/mol. The van der Waals surface area contributed by atoms with Gasteiger partial charge in [0, 0.05) is 7.05 Å². The van der Waals surface area contributed by atoms with E-state index in [1.165, 1.54) is 4.68 Å². The number of rotatable bonds is 4. The van der Waals surface area contributed by atoms with Crippen molar-refractivity contribution in [3.8, 4) is 11.5 Å². The largest absolute Gasteiger partial charge is 0.455 e. The van der Waals surface area contributed by atoms with Gasteiger partial charge in [-0.25, -0.2) is 0 Å². The molecule has 0 bridgehead atoms. The monoisotopic (exact) mass is 341 g/mol. The number of carbonyl (C=O) groups is 1. The molecule has 0 saturated carbocycles. The molecule has 6 heteroatoms. The Morgan fingerprint density at radius 3 is 2.46 bits per heavy atom. The minimum Gasteiger partial charge on any atom is -0.455 e. The Balaban J connectivity index is 1.86. The lowest BCUT2D eigenvalue weighted by molar-refractivity contribution is 0.102. The third-order valence-corrected chi connectivity index (χ3v) is 3.92. The highest BCUT2D eigenvalue weighted by Gasteiger charge is 2.20. The Morgan fingerprint density at radius 1 is 1.12 bits per heavy atom. The second kappa shape index (κ2) is 6.76. The number of halogens is 1. The number of amides is 1. The Morgan fingerprint density at radius 2 is 1.79 bits per heavy atom. The number of aromatic nitrogens is 2. The molecule has 0 aliphatic heterocycles. The summed E-state index contributed by atoms with van der Waals surface area (Å²) in [5.74, 6) is 0.916. The van der Waals surface area contributed by atoms with Crippen LogP contribution in [0.2, 0.25) is 5.15 Å². The van der Waals surface area contributed by atoms with Crippen molar-refractivity contribution in [3.05, 3.63) is 71.0 Å². The Bertz CT molecular complexity index is 875. The third kappa shape index (κ3) is 3.26. The van der Waals surface area contributed by atoms with Gasteiger partial charge in [-0.05, 0) is 31.2 Å². The number of aryl methyl sites for hydroxylation is 2. The Kier molecular flexibility index (Phi) is 4.53. The molecule has 0 fully saturated rings. The lowest BCUT2D eigenvalue weighted by Crippen LogP contribution is -2.13. The number of benzene rings is 2. The maximum atomic E-state index is 12.6. The van der Waals surface area contributed by atoms with Crippen molar-refractivity contribution >= 4 is 23.2 Å². The number of ether oxygens (including phenoxy) is 1. The van der Waals surface area contributed by atoms with Crippen molar-refractivity contribution in [1.29, 1.82) is 0 Å². The van der Waals surface area contributed by atoms with Crippen molar-refractivity contribution in [2.45, 2.75) is 6.92 Å². The van der Waals surface area contributed by atoms with Crippen molar-refractivity contribution < 1.29 is 9.53 Å². The summed E-state index contributed by atoms with van der Waals surface area (Å²) < 4.78 is 7.31. The first-order valence-electron chi connectivity index (χ1n) is 7.38. The molecular formula is C18H16ClN3O2. The topological polar surface area (TPSA) is 56.2 Å². The van der Waals surface area contributed by atoms with Crippen molar-refractivity contribution in [2.75, 3.05) is 5.32 Å². The van der Waals surface area contributed by atoms with Gasteiger partial charge in [0.15, 0.2) is 5.75 Å². The number of hydrogen-bond donors (Lipinski definition) is 1. The first kappa shape index (κ1) is 16.1. The Labute approximate surface area is 144 Å². The van der Waals surface area contributed by atoms with Crippen LogP contribution in [-0.4, -0.2) is 15.7 Å². The zero-order valence-corrected chi connectivity index (χ0v) is 14.0. The van der Waals surface area contributed by atoms with Crippen LogP contribution in [0.25, 0.3) is 0 Å². The fourth-order valence-corrected chi connectivity index (χ4v) is 2.61. The van der Waals surface area contributed by atoms with Gasteiger partial charge in [-0.1, -0.05) is 41.9 Å². The van der Waals surface area contributed by atoms with Gasteiger partial charge in [0.1, 0.15) is 10.9 Å². The molecule has 0 radical (unpaired) electrons. The van der Waals surface area contributed by atoms with E-state index in [1.54, 1.807) is 26.1 Å². The number of hydrogen-bond acceptors (Lipinski definition) is 3. The van der Waals surface area contributed by atoms with Gasteiger partial charge in [0.05, 0.1) is 16.9 Å². The molecule has 0 atom stereocenters. The molecule has 3 aromatic rings. The standard InChI is InChI=1S/C18H16ClN3O2/c1-12-16(17(19)22(2)21-12)18(23)20-14-10-6-7-11-15(14)24-13-8-4-3-5-9-13/h3-11H,1-2H3,(H,20,23). The molecule has 1 heterocycles. The number of para-hydroxylation sites is 3. The van der Waals surface area contributed by atoms with E-state index >= 15 is 0 Å². The number of carbonyl (C=O) groups excluding carboxylic acids is 1. The van der Waals surface area contributed by atoms with Gasteiger partial charge in [-0.2, -0.15) is 5.10 Å². The van der Waals surface area contributed by atoms with Gasteiger partial charge in [0.25, 0.3) is 5.91 Å². The molecule has 24 heavy (non-hydrogen) atoms. The molecule has 0 saturated heterocycles. The minimum absolute atomic E-state index is 0.298. The van der Waals surface area contributed by atoms with Gasteiger partial charge in [-0.15, -0.1) is 0 Å². The first-order chi connectivity index (χ1) is 11.6. The molecule has 1 N–H and O–H groups in total. The summed E-state index contributed by atoms with van der Waals surface area (Å²) in [6.45, 7) is 1.74. The van der Waals surface area contributed by atoms with Gasteiger partial charge in [0.2, 0.25) is 0 Å².